The van der Waals surface area contributed by atoms with Crippen LogP contribution in [0.15, 0.2) is 41.5 Å². The van der Waals surface area contributed by atoms with Gasteiger partial charge in [-0.25, -0.2) is 4.68 Å². The third kappa shape index (κ3) is 4.80. The van der Waals surface area contributed by atoms with Gasteiger partial charge in [0.2, 0.25) is 0 Å². The van der Waals surface area contributed by atoms with Crippen molar-refractivity contribution in [3.8, 4) is 11.3 Å². The summed E-state index contributed by atoms with van der Waals surface area (Å²) in [5.41, 5.74) is 1.73. The van der Waals surface area contributed by atoms with Crippen molar-refractivity contribution in [2.45, 2.75) is 25.5 Å². The van der Waals surface area contributed by atoms with Crippen LogP contribution in [0, 0.1) is 0 Å². The average Bonchev–Trinajstić information content (AvgIpc) is 3.22. The van der Waals surface area contributed by atoms with Crippen LogP contribution in [0.2, 0.25) is 0 Å². The molecule has 7 heteroatoms. The Balaban J connectivity index is 1.29. The molecule has 1 unspecified atom stereocenters. The van der Waals surface area contributed by atoms with Gasteiger partial charge < -0.3 is 4.74 Å². The van der Waals surface area contributed by atoms with Gasteiger partial charge in [0, 0.05) is 69.9 Å². The van der Waals surface area contributed by atoms with Gasteiger partial charge in [-0.1, -0.05) is 0 Å². The summed E-state index contributed by atoms with van der Waals surface area (Å²) in [6, 6.07) is 7.19. The lowest BCUT2D eigenvalue weighted by atomic mass is 10.2. The van der Waals surface area contributed by atoms with Crippen molar-refractivity contribution in [2.75, 3.05) is 45.9 Å². The Kier molecular flexibility index (Phi) is 5.91. The summed E-state index contributed by atoms with van der Waals surface area (Å²) in [7, 11) is 0. The van der Waals surface area contributed by atoms with Crippen molar-refractivity contribution >= 4 is 0 Å². The molecule has 2 aromatic rings. The van der Waals surface area contributed by atoms with Gasteiger partial charge in [0.05, 0.1) is 18.3 Å². The highest BCUT2D eigenvalue weighted by Crippen LogP contribution is 2.15. The van der Waals surface area contributed by atoms with Crippen molar-refractivity contribution in [2.24, 2.45) is 0 Å². The van der Waals surface area contributed by atoms with E-state index in [0.29, 0.717) is 12.6 Å². The number of ether oxygens (including phenoxy) is 1. The Morgan fingerprint density at radius 2 is 1.78 bits per heavy atom. The third-order valence-corrected chi connectivity index (χ3v) is 5.42. The molecule has 4 rings (SSSR count). The van der Waals surface area contributed by atoms with E-state index in [-0.39, 0.29) is 5.56 Å². The fourth-order valence-corrected chi connectivity index (χ4v) is 3.79. The smallest absolute Gasteiger partial charge is 0.266 e. The minimum atomic E-state index is -0.0511. The molecule has 0 bridgehead atoms. The van der Waals surface area contributed by atoms with Crippen molar-refractivity contribution in [1.29, 1.82) is 0 Å². The maximum Gasteiger partial charge on any atom is 0.266 e. The van der Waals surface area contributed by atoms with E-state index in [1.54, 1.807) is 29.2 Å². The largest absolute Gasteiger partial charge is 0.377 e. The van der Waals surface area contributed by atoms with E-state index in [4.69, 9.17) is 4.74 Å². The van der Waals surface area contributed by atoms with Gasteiger partial charge in [0.25, 0.3) is 5.56 Å². The lowest BCUT2D eigenvalue weighted by Gasteiger charge is -2.35. The van der Waals surface area contributed by atoms with Crippen LogP contribution in [0.25, 0.3) is 11.3 Å². The van der Waals surface area contributed by atoms with Crippen LogP contribution in [0.5, 0.6) is 0 Å². The lowest BCUT2D eigenvalue weighted by molar-refractivity contribution is 0.0496. The van der Waals surface area contributed by atoms with Gasteiger partial charge in [0.1, 0.15) is 0 Å². The second kappa shape index (κ2) is 8.73. The van der Waals surface area contributed by atoms with Crippen LogP contribution in [0.4, 0.5) is 0 Å². The number of hydrogen-bond donors (Lipinski definition) is 0. The maximum atomic E-state index is 12.2. The van der Waals surface area contributed by atoms with Crippen LogP contribution < -0.4 is 5.56 Å². The molecular formula is C20H27N5O2. The third-order valence-electron chi connectivity index (χ3n) is 5.42. The minimum absolute atomic E-state index is 0.0511. The molecule has 144 valence electrons. The molecule has 0 aromatic carbocycles. The summed E-state index contributed by atoms with van der Waals surface area (Å²) in [6.45, 7) is 7.65. The molecule has 7 nitrogen and oxygen atoms in total. The fraction of sp³-hybridized carbons (Fsp3) is 0.550. The number of piperazine rings is 1. The Bertz CT molecular complexity index is 780. The Morgan fingerprint density at radius 3 is 2.52 bits per heavy atom. The predicted molar refractivity (Wildman–Crippen MR) is 104 cm³/mol. The average molecular weight is 369 g/mol. The van der Waals surface area contributed by atoms with E-state index in [1.165, 1.54) is 12.8 Å². The molecule has 0 amide bonds. The lowest BCUT2D eigenvalue weighted by Crippen LogP contribution is -2.49. The van der Waals surface area contributed by atoms with Gasteiger partial charge in [-0.15, -0.1) is 0 Å². The van der Waals surface area contributed by atoms with Crippen molar-refractivity contribution in [3.05, 3.63) is 47.0 Å². The Hall–Kier alpha value is -2.09. The molecular weight excluding hydrogens is 342 g/mol. The molecule has 0 aliphatic carbocycles. The van der Waals surface area contributed by atoms with Crippen LogP contribution in [-0.4, -0.2) is 76.5 Å². The summed E-state index contributed by atoms with van der Waals surface area (Å²) in [5, 5.41) is 4.53. The van der Waals surface area contributed by atoms with Crippen molar-refractivity contribution < 1.29 is 4.74 Å². The highest BCUT2D eigenvalue weighted by molar-refractivity contribution is 5.56. The zero-order valence-electron chi connectivity index (χ0n) is 15.7. The van der Waals surface area contributed by atoms with Gasteiger partial charge in [-0.05, 0) is 31.0 Å². The van der Waals surface area contributed by atoms with Gasteiger partial charge in [-0.3, -0.25) is 19.6 Å². The zero-order chi connectivity index (χ0) is 18.5. The van der Waals surface area contributed by atoms with E-state index >= 15 is 0 Å². The first kappa shape index (κ1) is 18.3. The molecule has 4 heterocycles. The monoisotopic (exact) mass is 369 g/mol. The summed E-state index contributed by atoms with van der Waals surface area (Å²) in [4.78, 5) is 21.1. The zero-order valence-corrected chi connectivity index (χ0v) is 15.7. The molecule has 2 aliphatic heterocycles. The van der Waals surface area contributed by atoms with Gasteiger partial charge in [-0.2, -0.15) is 5.10 Å². The molecule has 0 radical (unpaired) electrons. The normalized spacial score (nSPS) is 21.6. The summed E-state index contributed by atoms with van der Waals surface area (Å²) in [5.74, 6) is 0. The second-order valence-electron chi connectivity index (χ2n) is 7.29. The van der Waals surface area contributed by atoms with E-state index in [2.05, 4.69) is 19.9 Å². The second-order valence-corrected chi connectivity index (χ2v) is 7.29. The van der Waals surface area contributed by atoms with E-state index in [9.17, 15) is 4.79 Å². The molecule has 1 atom stereocenters. The predicted octanol–water partition coefficient (Wildman–Crippen LogP) is 1.10. The molecule has 0 spiro atoms. The fourth-order valence-electron chi connectivity index (χ4n) is 3.79. The molecule has 2 saturated heterocycles. The Morgan fingerprint density at radius 1 is 1.00 bits per heavy atom. The van der Waals surface area contributed by atoms with Crippen LogP contribution in [0.1, 0.15) is 12.8 Å². The topological polar surface area (TPSA) is 63.5 Å². The molecule has 0 saturated carbocycles. The molecule has 2 aromatic heterocycles. The van der Waals surface area contributed by atoms with Crippen LogP contribution in [-0.2, 0) is 11.3 Å². The number of pyridine rings is 1. The van der Waals surface area contributed by atoms with Crippen LogP contribution >= 0.6 is 0 Å². The maximum absolute atomic E-state index is 12.2. The highest BCUT2D eigenvalue weighted by Gasteiger charge is 2.22. The van der Waals surface area contributed by atoms with E-state index < -0.39 is 0 Å². The molecule has 0 N–H and O–H groups in total. The van der Waals surface area contributed by atoms with E-state index in [1.807, 2.05) is 12.1 Å². The minimum Gasteiger partial charge on any atom is -0.377 e. The quantitative estimate of drug-likeness (QED) is 0.760. The molecule has 2 fully saturated rings. The number of rotatable bonds is 6. The van der Waals surface area contributed by atoms with Gasteiger partial charge >= 0.3 is 0 Å². The van der Waals surface area contributed by atoms with Crippen molar-refractivity contribution in [1.82, 2.24) is 24.6 Å². The van der Waals surface area contributed by atoms with Crippen LogP contribution in [0.3, 0.4) is 0 Å². The van der Waals surface area contributed by atoms with Crippen molar-refractivity contribution in [3.63, 3.8) is 0 Å². The Labute approximate surface area is 159 Å². The standard InChI is InChI=1S/C20H27N5O2/c26-20-4-3-19(17-5-7-21-8-6-17)22-25(20)14-13-23-9-11-24(12-10-23)16-18-2-1-15-27-18/h3-8,18H,1-2,9-16H2. The number of hydrogen-bond acceptors (Lipinski definition) is 6. The summed E-state index contributed by atoms with van der Waals surface area (Å²) in [6.07, 6.45) is 6.30. The number of aromatic nitrogens is 3. The summed E-state index contributed by atoms with van der Waals surface area (Å²) >= 11 is 0. The highest BCUT2D eigenvalue weighted by atomic mass is 16.5. The van der Waals surface area contributed by atoms with Gasteiger partial charge in [0.15, 0.2) is 0 Å². The first-order valence-corrected chi connectivity index (χ1v) is 9.83. The number of nitrogens with zero attached hydrogens (tertiary/aromatic N) is 5. The molecule has 27 heavy (non-hydrogen) atoms. The summed E-state index contributed by atoms with van der Waals surface area (Å²) < 4.78 is 7.32. The first-order chi connectivity index (χ1) is 13.3. The first-order valence-electron chi connectivity index (χ1n) is 9.83. The molecule has 2 aliphatic rings. The SMILES string of the molecule is O=c1ccc(-c2ccncc2)nn1CCN1CCN(CC2CCCO2)CC1. The van der Waals surface area contributed by atoms with E-state index in [0.717, 1.165) is 57.1 Å².